The second kappa shape index (κ2) is 16.1. The lowest BCUT2D eigenvalue weighted by Crippen LogP contribution is -2.49. The first-order valence-electron chi connectivity index (χ1n) is 23.7. The summed E-state index contributed by atoms with van der Waals surface area (Å²) in [6, 6.07) is 0.451. The molecule has 8 aliphatic rings. The number of hydrogen-bond acceptors (Lipinski definition) is 6. The molecule has 2 saturated heterocycles. The van der Waals surface area contributed by atoms with Gasteiger partial charge in [-0.25, -0.2) is 0 Å². The number of likely N-dealkylation sites (tertiary alicyclic amines) is 2. The molecular formula is C47H78N2O6. The van der Waals surface area contributed by atoms with E-state index in [0.29, 0.717) is 48.6 Å². The average Bonchev–Trinajstić information content (AvgIpc) is 3.54. The SMILES string of the molecule is CC1CC(C2CCC(O)C(C3(C)C(=O)N(CCCN4C(=O)C(C)(C5CC(C6CCC(O)C(C)C6)CCC5O)C5CCCCC54)C4CCCCC43)C2)CCC1O. The molecule has 312 valence electrons. The molecule has 0 spiro atoms. The minimum absolute atomic E-state index is 0.0204. The summed E-state index contributed by atoms with van der Waals surface area (Å²) in [5.74, 6) is 3.84. The molecule has 55 heavy (non-hydrogen) atoms. The highest BCUT2D eigenvalue weighted by molar-refractivity contribution is 5.87. The van der Waals surface area contributed by atoms with Gasteiger partial charge in [0.1, 0.15) is 0 Å². The molecule has 4 N–H and O–H groups in total. The van der Waals surface area contributed by atoms with Gasteiger partial charge in [-0.15, -0.1) is 0 Å². The molecule has 6 aliphatic carbocycles. The van der Waals surface area contributed by atoms with Gasteiger partial charge in [-0.05, 0) is 168 Å². The van der Waals surface area contributed by atoms with Crippen LogP contribution in [0.2, 0.25) is 0 Å². The minimum atomic E-state index is -0.554. The highest BCUT2D eigenvalue weighted by Crippen LogP contribution is 2.59. The van der Waals surface area contributed by atoms with Crippen molar-refractivity contribution in [1.82, 2.24) is 9.80 Å². The lowest BCUT2D eigenvalue weighted by Gasteiger charge is -2.48. The van der Waals surface area contributed by atoms with Crippen LogP contribution >= 0.6 is 0 Å². The van der Waals surface area contributed by atoms with Gasteiger partial charge in [0.25, 0.3) is 0 Å². The van der Waals surface area contributed by atoms with Crippen molar-refractivity contribution in [3.05, 3.63) is 0 Å². The molecule has 0 aromatic carbocycles. The lowest BCUT2D eigenvalue weighted by molar-refractivity contribution is -0.146. The number of carbonyl (C=O) groups is 2. The Hall–Kier alpha value is -1.22. The van der Waals surface area contributed by atoms with Crippen LogP contribution in [0.5, 0.6) is 0 Å². The maximum absolute atomic E-state index is 14.9. The van der Waals surface area contributed by atoms with E-state index in [4.69, 9.17) is 0 Å². The molecule has 8 nitrogen and oxygen atoms in total. The Balaban J connectivity index is 0.962. The summed E-state index contributed by atoms with van der Waals surface area (Å²) < 4.78 is 0. The smallest absolute Gasteiger partial charge is 0.229 e. The van der Waals surface area contributed by atoms with Gasteiger partial charge in [0.15, 0.2) is 0 Å². The number of rotatable bonds is 8. The fourth-order valence-electron chi connectivity index (χ4n) is 15.6. The van der Waals surface area contributed by atoms with Crippen LogP contribution in [0.25, 0.3) is 0 Å². The van der Waals surface area contributed by atoms with Crippen LogP contribution < -0.4 is 0 Å². The van der Waals surface area contributed by atoms with E-state index in [-0.39, 0.29) is 59.8 Å². The summed E-state index contributed by atoms with van der Waals surface area (Å²) in [6.07, 6.45) is 19.8. The third-order valence-electron chi connectivity index (χ3n) is 19.0. The van der Waals surface area contributed by atoms with E-state index in [0.717, 1.165) is 135 Å². The second-order valence-corrected chi connectivity index (χ2v) is 21.6. The van der Waals surface area contributed by atoms with Gasteiger partial charge in [-0.3, -0.25) is 9.59 Å². The number of aliphatic hydroxyl groups is 4. The summed E-state index contributed by atoms with van der Waals surface area (Å²) in [6.45, 7) is 10.2. The standard InChI is InChI=1S/C47H78N2O6/c1-28-24-30(14-18-40(28)50)32-16-20-42(52)36(26-32)46(3)34-10-5-7-12-38(34)48(44(46)54)22-9-23-49-39-13-8-6-11-35(39)47(4,45(49)55)37-27-33(17-21-43(37)53)31-15-19-41(51)29(2)25-31/h28-43,50-53H,5-27H2,1-4H3. The van der Waals surface area contributed by atoms with Crippen molar-refractivity contribution in [3.63, 3.8) is 0 Å². The third-order valence-corrected chi connectivity index (χ3v) is 19.0. The molecule has 0 radical (unpaired) electrons. The molecule has 2 heterocycles. The average molecular weight is 767 g/mol. The van der Waals surface area contributed by atoms with Crippen LogP contribution in [-0.4, -0.2) is 91.6 Å². The van der Waals surface area contributed by atoms with Crippen molar-refractivity contribution in [3.8, 4) is 0 Å². The zero-order valence-electron chi connectivity index (χ0n) is 35.0. The van der Waals surface area contributed by atoms with Gasteiger partial charge in [0, 0.05) is 25.2 Å². The van der Waals surface area contributed by atoms with Gasteiger partial charge >= 0.3 is 0 Å². The Kier molecular flexibility index (Phi) is 11.9. The van der Waals surface area contributed by atoms with Crippen LogP contribution in [0.1, 0.15) is 163 Å². The normalized spacial score (nSPS) is 50.9. The summed E-state index contributed by atoms with van der Waals surface area (Å²) in [5, 5.41) is 44.2. The van der Waals surface area contributed by atoms with E-state index in [9.17, 15) is 30.0 Å². The van der Waals surface area contributed by atoms with E-state index in [2.05, 4.69) is 37.5 Å². The van der Waals surface area contributed by atoms with Crippen molar-refractivity contribution in [1.29, 1.82) is 0 Å². The molecule has 6 saturated carbocycles. The molecule has 8 heteroatoms. The molecule has 8 fully saturated rings. The molecule has 8 rings (SSSR count). The van der Waals surface area contributed by atoms with Gasteiger partial charge in [0.2, 0.25) is 11.8 Å². The first kappa shape index (κ1) is 40.6. The van der Waals surface area contributed by atoms with Gasteiger partial charge in [0.05, 0.1) is 35.2 Å². The quantitative estimate of drug-likeness (QED) is 0.205. The Morgan fingerprint density at radius 3 is 1.20 bits per heavy atom. The van der Waals surface area contributed by atoms with Crippen LogP contribution in [0.15, 0.2) is 0 Å². The Bertz CT molecular complexity index is 1280. The van der Waals surface area contributed by atoms with Gasteiger partial charge < -0.3 is 30.2 Å². The second-order valence-electron chi connectivity index (χ2n) is 21.6. The van der Waals surface area contributed by atoms with Crippen molar-refractivity contribution in [2.45, 2.75) is 199 Å². The molecule has 2 aliphatic heterocycles. The summed E-state index contributed by atoms with van der Waals surface area (Å²) >= 11 is 0. The van der Waals surface area contributed by atoms with Crippen molar-refractivity contribution in [2.24, 2.45) is 70.0 Å². The summed E-state index contributed by atoms with van der Waals surface area (Å²) in [4.78, 5) is 34.3. The van der Waals surface area contributed by atoms with Gasteiger partial charge in [-0.1, -0.05) is 53.4 Å². The first-order chi connectivity index (χ1) is 26.3. The number of fused-ring (bicyclic) bond motifs is 2. The van der Waals surface area contributed by atoms with E-state index < -0.39 is 23.0 Å². The number of amides is 2. The third kappa shape index (κ3) is 7.07. The molecule has 0 bridgehead atoms. The van der Waals surface area contributed by atoms with Crippen molar-refractivity contribution >= 4 is 11.8 Å². The Labute approximate surface area is 332 Å². The maximum atomic E-state index is 14.9. The summed E-state index contributed by atoms with van der Waals surface area (Å²) in [7, 11) is 0. The number of carbonyl (C=O) groups excluding carboxylic acids is 2. The maximum Gasteiger partial charge on any atom is 0.229 e. The summed E-state index contributed by atoms with van der Waals surface area (Å²) in [5.41, 5.74) is -1.11. The molecule has 0 aromatic rings. The van der Waals surface area contributed by atoms with E-state index >= 15 is 0 Å². The highest BCUT2D eigenvalue weighted by atomic mass is 16.3. The van der Waals surface area contributed by atoms with Crippen molar-refractivity contribution in [2.75, 3.05) is 13.1 Å². The van der Waals surface area contributed by atoms with Crippen molar-refractivity contribution < 1.29 is 30.0 Å². The Morgan fingerprint density at radius 2 is 0.818 bits per heavy atom. The van der Waals surface area contributed by atoms with Gasteiger partial charge in [-0.2, -0.15) is 0 Å². The minimum Gasteiger partial charge on any atom is -0.393 e. The largest absolute Gasteiger partial charge is 0.393 e. The van der Waals surface area contributed by atoms with E-state index in [1.165, 1.54) is 0 Å². The zero-order valence-corrected chi connectivity index (χ0v) is 35.0. The van der Waals surface area contributed by atoms with Crippen LogP contribution in [0.3, 0.4) is 0 Å². The predicted molar refractivity (Wildman–Crippen MR) is 214 cm³/mol. The fourth-order valence-corrected chi connectivity index (χ4v) is 15.6. The zero-order chi connectivity index (χ0) is 38.8. The van der Waals surface area contributed by atoms with Crippen LogP contribution in [0.4, 0.5) is 0 Å². The Morgan fingerprint density at radius 1 is 0.473 bits per heavy atom. The molecule has 18 atom stereocenters. The first-order valence-corrected chi connectivity index (χ1v) is 23.7. The highest BCUT2D eigenvalue weighted by Gasteiger charge is 2.63. The molecule has 18 unspecified atom stereocenters. The van der Waals surface area contributed by atoms with Crippen LogP contribution in [-0.2, 0) is 9.59 Å². The molecule has 0 aromatic heterocycles. The fraction of sp³-hybridized carbons (Fsp3) is 0.957. The number of aliphatic hydroxyl groups excluding tert-OH is 4. The van der Waals surface area contributed by atoms with E-state index in [1.54, 1.807) is 0 Å². The topological polar surface area (TPSA) is 122 Å². The molecule has 2 amide bonds. The number of hydrogen-bond donors (Lipinski definition) is 4. The monoisotopic (exact) mass is 767 g/mol. The van der Waals surface area contributed by atoms with Crippen LogP contribution in [0, 0.1) is 70.0 Å². The number of nitrogens with zero attached hydrogens (tertiary/aromatic N) is 2. The van der Waals surface area contributed by atoms with E-state index in [1.807, 2.05) is 0 Å². The molecular weight excluding hydrogens is 689 g/mol. The predicted octanol–water partition coefficient (Wildman–Crippen LogP) is 7.34. The lowest BCUT2D eigenvalue weighted by atomic mass is 9.56.